The van der Waals surface area contributed by atoms with E-state index in [4.69, 9.17) is 4.74 Å². The van der Waals surface area contributed by atoms with Crippen molar-refractivity contribution in [2.45, 2.75) is 55.4 Å². The molecule has 5 nitrogen and oxygen atoms in total. The van der Waals surface area contributed by atoms with Crippen LogP contribution < -0.4 is 5.32 Å². The lowest BCUT2D eigenvalue weighted by molar-refractivity contribution is 0.134. The molecule has 6 heteroatoms. The maximum atomic E-state index is 13.0. The lowest BCUT2D eigenvalue weighted by Gasteiger charge is -2.24. The zero-order chi connectivity index (χ0) is 19.3. The third kappa shape index (κ3) is 4.50. The molecule has 1 aliphatic heterocycles. The second-order valence-corrected chi connectivity index (χ2v) is 8.99. The van der Waals surface area contributed by atoms with Gasteiger partial charge in [-0.2, -0.15) is 0 Å². The fourth-order valence-electron chi connectivity index (χ4n) is 3.49. The first-order chi connectivity index (χ1) is 13.0. The summed E-state index contributed by atoms with van der Waals surface area (Å²) in [5.74, 6) is 0. The van der Waals surface area contributed by atoms with Crippen molar-refractivity contribution < 1.29 is 17.9 Å². The molecule has 0 aromatic heterocycles. The normalized spacial score (nSPS) is 18.5. The molecular formula is C21H25NO4S. The Labute approximate surface area is 160 Å². The summed E-state index contributed by atoms with van der Waals surface area (Å²) in [7, 11) is -3.46. The highest BCUT2D eigenvalue weighted by Gasteiger charge is 2.42. The topological polar surface area (TPSA) is 72.5 Å². The Kier molecular flexibility index (Phi) is 6.16. The molecule has 0 saturated heterocycles. The van der Waals surface area contributed by atoms with Crippen LogP contribution in [0.1, 0.15) is 37.3 Å². The van der Waals surface area contributed by atoms with Crippen LogP contribution in [0.4, 0.5) is 4.79 Å². The number of alkyl carbamates (subject to hydrolysis) is 1. The van der Waals surface area contributed by atoms with Gasteiger partial charge in [-0.25, -0.2) is 13.2 Å². The van der Waals surface area contributed by atoms with Crippen molar-refractivity contribution in [3.05, 3.63) is 65.7 Å². The molecule has 2 aromatic rings. The number of fused-ring (bicyclic) bond motifs is 1. The van der Waals surface area contributed by atoms with Crippen molar-refractivity contribution in [2.75, 3.05) is 0 Å². The molecule has 0 fully saturated rings. The van der Waals surface area contributed by atoms with Gasteiger partial charge in [0.2, 0.25) is 0 Å². The highest BCUT2D eigenvalue weighted by Crippen LogP contribution is 2.33. The number of nitrogens with one attached hydrogen (secondary N) is 1. The maximum absolute atomic E-state index is 13.0. The van der Waals surface area contributed by atoms with E-state index in [0.29, 0.717) is 17.7 Å². The number of unbranched alkanes of at least 4 members (excludes halogenated alkanes) is 1. The highest BCUT2D eigenvalue weighted by molar-refractivity contribution is 7.92. The van der Waals surface area contributed by atoms with Crippen LogP contribution in [0.2, 0.25) is 0 Å². The first-order valence-electron chi connectivity index (χ1n) is 9.31. The lowest BCUT2D eigenvalue weighted by Crippen LogP contribution is -2.46. The van der Waals surface area contributed by atoms with Gasteiger partial charge in [-0.15, -0.1) is 0 Å². The average Bonchev–Trinajstić information content (AvgIpc) is 2.95. The van der Waals surface area contributed by atoms with E-state index in [0.717, 1.165) is 24.0 Å². The molecule has 144 valence electrons. The van der Waals surface area contributed by atoms with E-state index in [1.807, 2.05) is 49.4 Å². The summed E-state index contributed by atoms with van der Waals surface area (Å²) in [6.07, 6.45) is 2.22. The van der Waals surface area contributed by atoms with Crippen LogP contribution in [0.3, 0.4) is 0 Å². The average molecular weight is 388 g/mol. The van der Waals surface area contributed by atoms with Crippen molar-refractivity contribution in [3.63, 3.8) is 0 Å². The van der Waals surface area contributed by atoms with Crippen molar-refractivity contribution in [1.82, 2.24) is 5.32 Å². The quantitative estimate of drug-likeness (QED) is 0.783. The van der Waals surface area contributed by atoms with E-state index in [1.165, 1.54) is 0 Å². The first-order valence-corrected chi connectivity index (χ1v) is 10.9. The van der Waals surface area contributed by atoms with Gasteiger partial charge in [0, 0.05) is 6.04 Å². The highest BCUT2D eigenvalue weighted by atomic mass is 32.2. The number of hydrogen-bond acceptors (Lipinski definition) is 4. The van der Waals surface area contributed by atoms with Crippen LogP contribution in [0.5, 0.6) is 0 Å². The van der Waals surface area contributed by atoms with Crippen molar-refractivity contribution in [2.24, 2.45) is 0 Å². The molecule has 27 heavy (non-hydrogen) atoms. The van der Waals surface area contributed by atoms with Gasteiger partial charge in [-0.05, 0) is 30.0 Å². The van der Waals surface area contributed by atoms with Gasteiger partial charge in [0.1, 0.15) is 6.61 Å². The van der Waals surface area contributed by atoms with Gasteiger partial charge in [-0.3, -0.25) is 0 Å². The number of ether oxygens (including phenoxy) is 1. The van der Waals surface area contributed by atoms with E-state index in [9.17, 15) is 13.2 Å². The Morgan fingerprint density at radius 1 is 1.15 bits per heavy atom. The molecule has 0 spiro atoms. The number of sulfone groups is 1. The molecule has 3 rings (SSSR count). The van der Waals surface area contributed by atoms with Crippen LogP contribution in [-0.2, 0) is 27.6 Å². The largest absolute Gasteiger partial charge is 0.445 e. The molecule has 0 unspecified atom stereocenters. The minimum absolute atomic E-state index is 0.158. The van der Waals surface area contributed by atoms with Crippen molar-refractivity contribution >= 4 is 15.9 Å². The van der Waals surface area contributed by atoms with Gasteiger partial charge in [0.25, 0.3) is 0 Å². The summed E-state index contributed by atoms with van der Waals surface area (Å²) < 4.78 is 31.2. The summed E-state index contributed by atoms with van der Waals surface area (Å²) in [5, 5.41) is 2.17. The number of hydrogen-bond donors (Lipinski definition) is 1. The molecule has 0 bridgehead atoms. The Balaban J connectivity index is 1.70. The van der Waals surface area contributed by atoms with Crippen LogP contribution in [0.15, 0.2) is 59.5 Å². The van der Waals surface area contributed by atoms with Crippen LogP contribution in [0.25, 0.3) is 0 Å². The fraction of sp³-hybridized carbons (Fsp3) is 0.381. The summed E-state index contributed by atoms with van der Waals surface area (Å²) in [5.41, 5.74) is 1.71. The van der Waals surface area contributed by atoms with Crippen LogP contribution in [0, 0.1) is 0 Å². The molecule has 0 radical (unpaired) electrons. The molecule has 2 aromatic carbocycles. The third-order valence-corrected chi connectivity index (χ3v) is 7.24. The zero-order valence-corrected chi connectivity index (χ0v) is 16.2. The van der Waals surface area contributed by atoms with E-state index in [-0.39, 0.29) is 6.61 Å². The van der Waals surface area contributed by atoms with Crippen molar-refractivity contribution in [1.29, 1.82) is 0 Å². The third-order valence-electron chi connectivity index (χ3n) is 4.93. The van der Waals surface area contributed by atoms with E-state index in [2.05, 4.69) is 5.32 Å². The summed E-state index contributed by atoms with van der Waals surface area (Å²) >= 11 is 0. The van der Waals surface area contributed by atoms with E-state index < -0.39 is 27.2 Å². The minimum atomic E-state index is -3.46. The SMILES string of the molecule is CCCC[C@H](NC(=O)OCc1ccccc1)[C@H]1Cc2ccccc2S1(=O)=O. The molecule has 1 N–H and O–H groups in total. The standard InChI is InChI=1S/C21H25NO4S/c1-2-3-12-18(22-21(23)26-15-16-9-5-4-6-10-16)20-14-17-11-7-8-13-19(17)27(20,24)25/h4-11,13,18,20H,2-3,12,14-15H2,1H3,(H,22,23)/t18-,20+/m0/s1. The molecular weight excluding hydrogens is 362 g/mol. The van der Waals surface area contributed by atoms with Crippen LogP contribution in [-0.4, -0.2) is 25.8 Å². The van der Waals surface area contributed by atoms with Gasteiger partial charge in [0.05, 0.1) is 10.1 Å². The lowest BCUT2D eigenvalue weighted by atomic mass is 10.0. The molecule has 1 heterocycles. The Bertz CT molecular complexity index is 880. The minimum Gasteiger partial charge on any atom is -0.445 e. The fourth-order valence-corrected chi connectivity index (χ4v) is 5.64. The number of amides is 1. The first kappa shape index (κ1) is 19.4. The van der Waals surface area contributed by atoms with Gasteiger partial charge >= 0.3 is 6.09 Å². The second-order valence-electron chi connectivity index (χ2n) is 6.85. The smallest absolute Gasteiger partial charge is 0.407 e. The Hall–Kier alpha value is -2.34. The predicted molar refractivity (Wildman–Crippen MR) is 104 cm³/mol. The van der Waals surface area contributed by atoms with Crippen molar-refractivity contribution in [3.8, 4) is 0 Å². The van der Waals surface area contributed by atoms with E-state index in [1.54, 1.807) is 12.1 Å². The van der Waals surface area contributed by atoms with Gasteiger partial charge in [-0.1, -0.05) is 68.3 Å². The summed E-state index contributed by atoms with van der Waals surface area (Å²) in [6.45, 7) is 2.20. The van der Waals surface area contributed by atoms with E-state index >= 15 is 0 Å². The van der Waals surface area contributed by atoms with Gasteiger partial charge < -0.3 is 10.1 Å². The number of benzene rings is 2. The number of carbonyl (C=O) groups excluding carboxylic acids is 1. The molecule has 0 saturated carbocycles. The van der Waals surface area contributed by atoms with Gasteiger partial charge in [0.15, 0.2) is 9.84 Å². The number of carbonyl (C=O) groups is 1. The second kappa shape index (κ2) is 8.57. The molecule has 0 aliphatic carbocycles. The zero-order valence-electron chi connectivity index (χ0n) is 15.4. The predicted octanol–water partition coefficient (Wildman–Crippen LogP) is 3.87. The molecule has 1 amide bonds. The van der Waals surface area contributed by atoms with Crippen LogP contribution >= 0.6 is 0 Å². The summed E-state index contributed by atoms with van der Waals surface area (Å²) in [6, 6.07) is 16.0. The molecule has 2 atom stereocenters. The molecule has 1 aliphatic rings. The maximum Gasteiger partial charge on any atom is 0.407 e. The number of rotatable bonds is 7. The Morgan fingerprint density at radius 3 is 2.56 bits per heavy atom. The summed E-state index contributed by atoms with van der Waals surface area (Å²) in [4.78, 5) is 12.7. The Morgan fingerprint density at radius 2 is 1.85 bits per heavy atom. The monoisotopic (exact) mass is 387 g/mol.